The van der Waals surface area contributed by atoms with Gasteiger partial charge in [0.1, 0.15) is 0 Å². The van der Waals surface area contributed by atoms with E-state index in [2.05, 4.69) is 44.0 Å². The molecule has 2 unspecified atom stereocenters. The summed E-state index contributed by atoms with van der Waals surface area (Å²) >= 11 is 1.92. The molecule has 0 spiro atoms. The van der Waals surface area contributed by atoms with Crippen LogP contribution in [0.1, 0.15) is 12.5 Å². The Hall–Kier alpha value is -0.670. The molecular weight excluding hydrogens is 204 g/mol. The summed E-state index contributed by atoms with van der Waals surface area (Å²) in [4.78, 5) is 3.70. The van der Waals surface area contributed by atoms with Crippen molar-refractivity contribution in [2.45, 2.75) is 30.0 Å². The zero-order valence-corrected chi connectivity index (χ0v) is 10.3. The molecule has 1 heterocycles. The van der Waals surface area contributed by atoms with Crippen LogP contribution in [0.3, 0.4) is 0 Å². The second kappa shape index (κ2) is 4.06. The van der Waals surface area contributed by atoms with Gasteiger partial charge >= 0.3 is 0 Å². The molecule has 0 fully saturated rings. The third kappa shape index (κ3) is 1.86. The van der Waals surface area contributed by atoms with Crippen LogP contribution in [0.25, 0.3) is 0 Å². The van der Waals surface area contributed by atoms with Gasteiger partial charge in [-0.3, -0.25) is 0 Å². The Labute approximate surface area is 95.8 Å². The second-order valence-electron chi connectivity index (χ2n) is 4.21. The largest absolute Gasteiger partial charge is 0.370 e. The van der Waals surface area contributed by atoms with Crippen LogP contribution in [0.4, 0.5) is 5.69 Å². The molecule has 0 amide bonds. The van der Waals surface area contributed by atoms with Crippen molar-refractivity contribution < 1.29 is 0 Å². The van der Waals surface area contributed by atoms with Crippen molar-refractivity contribution in [2.24, 2.45) is 5.73 Å². The maximum atomic E-state index is 5.80. The number of nitrogens with zero attached hydrogens (tertiary/aromatic N) is 1. The van der Waals surface area contributed by atoms with Gasteiger partial charge in [-0.25, -0.2) is 0 Å². The van der Waals surface area contributed by atoms with Crippen molar-refractivity contribution in [3.05, 3.63) is 23.8 Å². The number of anilines is 1. The summed E-state index contributed by atoms with van der Waals surface area (Å²) in [7, 11) is 2.15. The Morgan fingerprint density at radius 2 is 2.20 bits per heavy atom. The number of benzene rings is 1. The highest BCUT2D eigenvalue weighted by Gasteiger charge is 2.28. The standard InChI is InChI=1S/C12H18N2S/c1-8-4-5-10-11(6-8)15-12(7-13)9(2)14(10)3/h4-6,9,12H,7,13H2,1-3H3. The molecule has 2 rings (SSSR count). The number of hydrogen-bond donors (Lipinski definition) is 1. The van der Waals surface area contributed by atoms with E-state index >= 15 is 0 Å². The Kier molecular flexibility index (Phi) is 2.94. The third-order valence-corrected chi connectivity index (χ3v) is 4.62. The number of rotatable bonds is 1. The predicted octanol–water partition coefficient (Wildman–Crippen LogP) is 2.25. The maximum absolute atomic E-state index is 5.80. The van der Waals surface area contributed by atoms with Crippen molar-refractivity contribution in [2.75, 3.05) is 18.5 Å². The lowest BCUT2D eigenvalue weighted by Crippen LogP contribution is -2.43. The molecule has 3 heteroatoms. The third-order valence-electron chi connectivity index (χ3n) is 3.15. The van der Waals surface area contributed by atoms with Crippen LogP contribution in [0.15, 0.2) is 23.1 Å². The van der Waals surface area contributed by atoms with E-state index in [9.17, 15) is 0 Å². The van der Waals surface area contributed by atoms with Crippen molar-refractivity contribution in [1.82, 2.24) is 0 Å². The molecule has 0 aromatic heterocycles. The molecule has 1 aromatic rings. The lowest BCUT2D eigenvalue weighted by molar-refractivity contribution is 0.636. The van der Waals surface area contributed by atoms with Crippen molar-refractivity contribution >= 4 is 17.4 Å². The number of aryl methyl sites for hydroxylation is 1. The minimum absolute atomic E-state index is 0.504. The molecule has 2 atom stereocenters. The van der Waals surface area contributed by atoms with E-state index in [0.717, 1.165) is 6.54 Å². The van der Waals surface area contributed by atoms with Gasteiger partial charge in [0.15, 0.2) is 0 Å². The molecule has 1 aliphatic rings. The summed E-state index contributed by atoms with van der Waals surface area (Å²) in [6.07, 6.45) is 0. The summed E-state index contributed by atoms with van der Waals surface area (Å²) in [5.41, 5.74) is 8.46. The van der Waals surface area contributed by atoms with Gasteiger partial charge in [0.2, 0.25) is 0 Å². The second-order valence-corrected chi connectivity index (χ2v) is 5.50. The summed E-state index contributed by atoms with van der Waals surface area (Å²) in [5.74, 6) is 0. The molecule has 0 saturated heterocycles. The van der Waals surface area contributed by atoms with Gasteiger partial charge in [-0.05, 0) is 31.5 Å². The van der Waals surface area contributed by atoms with Gasteiger partial charge in [-0.2, -0.15) is 0 Å². The van der Waals surface area contributed by atoms with E-state index in [1.807, 2.05) is 11.8 Å². The fourth-order valence-corrected chi connectivity index (χ4v) is 3.37. The average Bonchev–Trinajstić information content (AvgIpc) is 2.23. The first kappa shape index (κ1) is 10.8. The first-order valence-electron chi connectivity index (χ1n) is 5.33. The minimum Gasteiger partial charge on any atom is -0.370 e. The van der Waals surface area contributed by atoms with Crippen LogP contribution in [0.2, 0.25) is 0 Å². The number of fused-ring (bicyclic) bond motifs is 1. The highest BCUT2D eigenvalue weighted by atomic mass is 32.2. The fourth-order valence-electron chi connectivity index (χ4n) is 1.98. The van der Waals surface area contributed by atoms with E-state index in [1.54, 1.807) is 0 Å². The van der Waals surface area contributed by atoms with Gasteiger partial charge in [0.05, 0.1) is 5.69 Å². The summed E-state index contributed by atoms with van der Waals surface area (Å²) in [5, 5.41) is 0.504. The highest BCUT2D eigenvalue weighted by Crippen LogP contribution is 2.40. The zero-order valence-electron chi connectivity index (χ0n) is 9.53. The molecular formula is C12H18N2S. The average molecular weight is 222 g/mol. The topological polar surface area (TPSA) is 29.3 Å². The predicted molar refractivity (Wildman–Crippen MR) is 67.7 cm³/mol. The first-order chi connectivity index (χ1) is 7.13. The Morgan fingerprint density at radius 1 is 1.47 bits per heavy atom. The number of thioether (sulfide) groups is 1. The van der Waals surface area contributed by atoms with E-state index in [0.29, 0.717) is 11.3 Å². The zero-order chi connectivity index (χ0) is 11.0. The molecule has 1 aliphatic heterocycles. The number of hydrogen-bond acceptors (Lipinski definition) is 3. The molecule has 0 bridgehead atoms. The summed E-state index contributed by atoms with van der Waals surface area (Å²) in [6, 6.07) is 7.15. The molecule has 0 radical (unpaired) electrons. The van der Waals surface area contributed by atoms with Gasteiger partial charge in [0.25, 0.3) is 0 Å². The quantitative estimate of drug-likeness (QED) is 0.790. The Bertz CT molecular complexity index is 365. The minimum atomic E-state index is 0.504. The van der Waals surface area contributed by atoms with Gasteiger partial charge in [0, 0.05) is 29.8 Å². The molecule has 82 valence electrons. The smallest absolute Gasteiger partial charge is 0.0504 e. The highest BCUT2D eigenvalue weighted by molar-refractivity contribution is 8.00. The fraction of sp³-hybridized carbons (Fsp3) is 0.500. The van der Waals surface area contributed by atoms with Crippen molar-refractivity contribution in [3.8, 4) is 0 Å². The van der Waals surface area contributed by atoms with Crippen molar-refractivity contribution in [3.63, 3.8) is 0 Å². The summed E-state index contributed by atoms with van der Waals surface area (Å²) in [6.45, 7) is 5.12. The van der Waals surface area contributed by atoms with Gasteiger partial charge in [-0.15, -0.1) is 11.8 Å². The van der Waals surface area contributed by atoms with Crippen LogP contribution >= 0.6 is 11.8 Å². The van der Waals surface area contributed by atoms with Crippen LogP contribution in [0.5, 0.6) is 0 Å². The van der Waals surface area contributed by atoms with Crippen LogP contribution in [0, 0.1) is 6.92 Å². The van der Waals surface area contributed by atoms with E-state index in [-0.39, 0.29) is 0 Å². The van der Waals surface area contributed by atoms with Crippen LogP contribution < -0.4 is 10.6 Å². The molecule has 1 aromatic carbocycles. The van der Waals surface area contributed by atoms with E-state index in [1.165, 1.54) is 16.1 Å². The van der Waals surface area contributed by atoms with E-state index < -0.39 is 0 Å². The monoisotopic (exact) mass is 222 g/mol. The molecule has 2 nitrogen and oxygen atoms in total. The van der Waals surface area contributed by atoms with Crippen molar-refractivity contribution in [1.29, 1.82) is 0 Å². The lowest BCUT2D eigenvalue weighted by atomic mass is 10.1. The normalized spacial score (nSPS) is 25.2. The van der Waals surface area contributed by atoms with E-state index in [4.69, 9.17) is 5.73 Å². The Morgan fingerprint density at radius 3 is 2.87 bits per heavy atom. The molecule has 0 aliphatic carbocycles. The maximum Gasteiger partial charge on any atom is 0.0504 e. The molecule has 0 saturated carbocycles. The Balaban J connectivity index is 2.40. The molecule has 2 N–H and O–H groups in total. The lowest BCUT2D eigenvalue weighted by Gasteiger charge is -2.38. The SMILES string of the molecule is Cc1ccc2c(c1)SC(CN)C(C)N2C. The van der Waals surface area contributed by atoms with Crippen LogP contribution in [-0.4, -0.2) is 24.9 Å². The van der Waals surface area contributed by atoms with Crippen LogP contribution in [-0.2, 0) is 0 Å². The van der Waals surface area contributed by atoms with Gasteiger partial charge < -0.3 is 10.6 Å². The number of nitrogens with two attached hydrogens (primary N) is 1. The van der Waals surface area contributed by atoms with Gasteiger partial charge in [-0.1, -0.05) is 6.07 Å². The first-order valence-corrected chi connectivity index (χ1v) is 6.21. The molecule has 15 heavy (non-hydrogen) atoms. The summed E-state index contributed by atoms with van der Waals surface area (Å²) < 4.78 is 0.